The van der Waals surface area contributed by atoms with Gasteiger partial charge in [-0.2, -0.15) is 0 Å². The van der Waals surface area contributed by atoms with Gasteiger partial charge in [-0.15, -0.1) is 0 Å². The van der Waals surface area contributed by atoms with Gasteiger partial charge in [-0.3, -0.25) is 9.10 Å². The molecule has 126 valence electrons. The Kier molecular flexibility index (Phi) is 4.19. The predicted octanol–water partition coefficient (Wildman–Crippen LogP) is 1.94. The summed E-state index contributed by atoms with van der Waals surface area (Å²) in [6.07, 6.45) is 0.662. The topological polar surface area (TPSA) is 89.7 Å². The number of amides is 1. The highest BCUT2D eigenvalue weighted by molar-refractivity contribution is 7.92. The largest absolute Gasteiger partial charge is 0.493 e. The van der Waals surface area contributed by atoms with Crippen molar-refractivity contribution in [1.82, 2.24) is 0 Å². The third-order valence-corrected chi connectivity index (χ3v) is 5.76. The molecule has 0 saturated heterocycles. The van der Waals surface area contributed by atoms with Crippen LogP contribution in [-0.4, -0.2) is 27.5 Å². The van der Waals surface area contributed by atoms with Crippen LogP contribution in [0.15, 0.2) is 47.4 Å². The summed E-state index contributed by atoms with van der Waals surface area (Å²) in [7, 11) is -3.77. The van der Waals surface area contributed by atoms with Gasteiger partial charge in [0, 0.05) is 6.54 Å². The van der Waals surface area contributed by atoms with Gasteiger partial charge in [0.15, 0.2) is 0 Å². The summed E-state index contributed by atoms with van der Waals surface area (Å²) in [5.41, 5.74) is 7.08. The third kappa shape index (κ3) is 2.71. The molecule has 0 aromatic heterocycles. The van der Waals surface area contributed by atoms with Crippen LogP contribution in [0, 0.1) is 0 Å². The maximum atomic E-state index is 13.0. The third-order valence-electron chi connectivity index (χ3n) is 3.95. The minimum atomic E-state index is -3.77. The summed E-state index contributed by atoms with van der Waals surface area (Å²) < 4.78 is 32.7. The highest BCUT2D eigenvalue weighted by Crippen LogP contribution is 2.33. The first-order valence-electron chi connectivity index (χ1n) is 7.62. The molecule has 0 saturated carbocycles. The second-order valence-electron chi connectivity index (χ2n) is 5.41. The van der Waals surface area contributed by atoms with E-state index in [4.69, 9.17) is 10.5 Å². The van der Waals surface area contributed by atoms with Gasteiger partial charge in [0.2, 0.25) is 0 Å². The van der Waals surface area contributed by atoms with E-state index < -0.39 is 15.9 Å². The van der Waals surface area contributed by atoms with E-state index >= 15 is 0 Å². The van der Waals surface area contributed by atoms with Crippen LogP contribution in [0.2, 0.25) is 0 Å². The Morgan fingerprint density at radius 3 is 2.71 bits per heavy atom. The Morgan fingerprint density at radius 2 is 2.00 bits per heavy atom. The van der Waals surface area contributed by atoms with Crippen LogP contribution in [-0.2, 0) is 16.4 Å². The molecule has 1 heterocycles. The molecule has 2 aromatic carbocycles. The van der Waals surface area contributed by atoms with E-state index in [1.165, 1.54) is 22.5 Å². The van der Waals surface area contributed by atoms with Gasteiger partial charge in [-0.05, 0) is 43.2 Å². The van der Waals surface area contributed by atoms with E-state index in [0.29, 0.717) is 25.3 Å². The van der Waals surface area contributed by atoms with Crippen LogP contribution in [0.5, 0.6) is 5.75 Å². The van der Waals surface area contributed by atoms with Crippen molar-refractivity contribution in [3.05, 3.63) is 53.6 Å². The molecular weight excluding hydrogens is 328 g/mol. The molecule has 0 fully saturated rings. The van der Waals surface area contributed by atoms with Gasteiger partial charge in [-0.1, -0.05) is 18.2 Å². The van der Waals surface area contributed by atoms with E-state index in [1.54, 1.807) is 19.1 Å². The predicted molar refractivity (Wildman–Crippen MR) is 90.8 cm³/mol. The average molecular weight is 346 g/mol. The maximum Gasteiger partial charge on any atom is 0.264 e. The van der Waals surface area contributed by atoms with Crippen molar-refractivity contribution in [3.63, 3.8) is 0 Å². The Bertz CT molecular complexity index is 893. The second kappa shape index (κ2) is 6.16. The molecule has 2 aromatic rings. The number of rotatable bonds is 5. The van der Waals surface area contributed by atoms with Crippen LogP contribution in [0.1, 0.15) is 22.8 Å². The van der Waals surface area contributed by atoms with Crippen molar-refractivity contribution >= 4 is 21.6 Å². The zero-order chi connectivity index (χ0) is 17.3. The molecule has 3 rings (SSSR count). The summed E-state index contributed by atoms with van der Waals surface area (Å²) in [5.74, 6) is -0.442. The lowest BCUT2D eigenvalue weighted by Gasteiger charge is -2.20. The van der Waals surface area contributed by atoms with Crippen LogP contribution in [0.25, 0.3) is 0 Å². The number of carbonyl (C=O) groups excluding carboxylic acids is 1. The molecule has 1 aliphatic heterocycles. The Balaban J connectivity index is 2.05. The highest BCUT2D eigenvalue weighted by Gasteiger charge is 2.31. The van der Waals surface area contributed by atoms with Gasteiger partial charge < -0.3 is 10.5 Å². The molecular formula is C17H18N2O4S. The molecule has 1 amide bonds. The SMILES string of the molecule is CCOc1ccc(S(=O)(=O)N2CCc3ccccc32)cc1C(N)=O. The number of hydrogen-bond acceptors (Lipinski definition) is 4. The van der Waals surface area contributed by atoms with Gasteiger partial charge >= 0.3 is 0 Å². The Labute approximate surface area is 140 Å². The van der Waals surface area contributed by atoms with Gasteiger partial charge in [0.05, 0.1) is 22.8 Å². The lowest BCUT2D eigenvalue weighted by Crippen LogP contribution is -2.29. The summed E-state index contributed by atoms with van der Waals surface area (Å²) in [4.78, 5) is 11.7. The van der Waals surface area contributed by atoms with Crippen LogP contribution >= 0.6 is 0 Å². The van der Waals surface area contributed by atoms with Crippen LogP contribution < -0.4 is 14.8 Å². The van der Waals surface area contributed by atoms with Crippen LogP contribution in [0.3, 0.4) is 0 Å². The number of sulfonamides is 1. The highest BCUT2D eigenvalue weighted by atomic mass is 32.2. The summed E-state index contributed by atoms with van der Waals surface area (Å²) in [6.45, 7) is 2.50. The molecule has 1 aliphatic rings. The molecule has 0 unspecified atom stereocenters. The van der Waals surface area contributed by atoms with Gasteiger partial charge in [0.1, 0.15) is 5.75 Å². The fourth-order valence-corrected chi connectivity index (χ4v) is 4.36. The molecule has 0 atom stereocenters. The molecule has 24 heavy (non-hydrogen) atoms. The molecule has 0 spiro atoms. The van der Waals surface area contributed by atoms with E-state index in [-0.39, 0.29) is 16.2 Å². The standard InChI is InChI=1S/C17H18N2O4S/c1-2-23-16-8-7-13(11-14(16)17(18)20)24(21,22)19-10-9-12-5-3-4-6-15(12)19/h3-8,11H,2,9-10H2,1H3,(H2,18,20). The van der Waals surface area contributed by atoms with Crippen molar-refractivity contribution in [2.24, 2.45) is 5.73 Å². The molecule has 6 nitrogen and oxygen atoms in total. The molecule has 7 heteroatoms. The van der Waals surface area contributed by atoms with Gasteiger partial charge in [0.25, 0.3) is 15.9 Å². The maximum absolute atomic E-state index is 13.0. The van der Waals surface area contributed by atoms with Crippen molar-refractivity contribution in [2.45, 2.75) is 18.2 Å². The number of anilines is 1. The monoisotopic (exact) mass is 346 g/mol. The second-order valence-corrected chi connectivity index (χ2v) is 7.27. The minimum absolute atomic E-state index is 0.0245. The average Bonchev–Trinajstić information content (AvgIpc) is 3.00. The fourth-order valence-electron chi connectivity index (χ4n) is 2.83. The number of carbonyl (C=O) groups is 1. The number of hydrogen-bond donors (Lipinski definition) is 1. The normalized spacial score (nSPS) is 13.6. The molecule has 2 N–H and O–H groups in total. The quantitative estimate of drug-likeness (QED) is 0.896. The zero-order valence-electron chi connectivity index (χ0n) is 13.2. The smallest absolute Gasteiger partial charge is 0.264 e. The number of ether oxygens (including phenoxy) is 1. The summed E-state index contributed by atoms with van der Waals surface area (Å²) in [5, 5.41) is 0. The first kappa shape index (κ1) is 16.3. The number of nitrogens with two attached hydrogens (primary N) is 1. The van der Waals surface area contributed by atoms with E-state index in [0.717, 1.165) is 5.56 Å². The van der Waals surface area contributed by atoms with Gasteiger partial charge in [-0.25, -0.2) is 8.42 Å². The van der Waals surface area contributed by atoms with Crippen LogP contribution in [0.4, 0.5) is 5.69 Å². The number of nitrogens with zero attached hydrogens (tertiary/aromatic N) is 1. The minimum Gasteiger partial charge on any atom is -0.493 e. The lowest BCUT2D eigenvalue weighted by atomic mass is 10.2. The molecule has 0 aliphatic carbocycles. The first-order chi connectivity index (χ1) is 11.4. The number of primary amides is 1. The fraction of sp³-hybridized carbons (Fsp3) is 0.235. The van der Waals surface area contributed by atoms with E-state index in [9.17, 15) is 13.2 Å². The summed E-state index contributed by atoms with van der Waals surface area (Å²) in [6, 6.07) is 11.6. The molecule has 0 radical (unpaired) electrons. The van der Waals surface area contributed by atoms with Crippen molar-refractivity contribution in [2.75, 3.05) is 17.5 Å². The number of fused-ring (bicyclic) bond motifs is 1. The Hall–Kier alpha value is -2.54. The zero-order valence-corrected chi connectivity index (χ0v) is 14.0. The summed E-state index contributed by atoms with van der Waals surface area (Å²) >= 11 is 0. The van der Waals surface area contributed by atoms with E-state index in [1.807, 2.05) is 12.1 Å². The molecule has 0 bridgehead atoms. The van der Waals surface area contributed by atoms with Crippen molar-refractivity contribution in [3.8, 4) is 5.75 Å². The number of benzene rings is 2. The van der Waals surface area contributed by atoms with Crippen molar-refractivity contribution < 1.29 is 17.9 Å². The van der Waals surface area contributed by atoms with E-state index in [2.05, 4.69) is 0 Å². The Morgan fingerprint density at radius 1 is 1.25 bits per heavy atom. The van der Waals surface area contributed by atoms with Crippen molar-refractivity contribution in [1.29, 1.82) is 0 Å². The first-order valence-corrected chi connectivity index (χ1v) is 9.06. The number of para-hydroxylation sites is 1. The lowest BCUT2D eigenvalue weighted by molar-refractivity contribution is 0.0996.